The molecule has 2 aromatic heterocycles. The van der Waals surface area contributed by atoms with E-state index < -0.39 is 11.1 Å². The van der Waals surface area contributed by atoms with Gasteiger partial charge in [0.25, 0.3) is 5.82 Å². The lowest BCUT2D eigenvalue weighted by atomic mass is 9.58. The number of aromatic nitrogens is 3. The molecule has 3 nitrogen and oxygen atoms in total. The number of rotatable bonds is 0. The molecule has 43 heavy (non-hydrogen) atoms. The molecule has 2 spiro atoms. The molecule has 7 aromatic rings. The number of hydrogen-bond acceptors (Lipinski definition) is 0. The number of pyridine rings is 1. The molecule has 1 atom stereocenters. The van der Waals surface area contributed by atoms with Crippen LogP contribution in [0.1, 0.15) is 38.9 Å². The molecule has 0 bridgehead atoms. The van der Waals surface area contributed by atoms with E-state index in [1.54, 1.807) is 0 Å². The fraction of sp³-hybridized carbons (Fsp3) is 0.100. The Kier molecular flexibility index (Phi) is 3.64. The summed E-state index contributed by atoms with van der Waals surface area (Å²) in [5, 5.41) is 0. The van der Waals surface area contributed by atoms with Gasteiger partial charge in [-0.15, -0.1) is 4.57 Å². The second kappa shape index (κ2) is 7.02. The summed E-state index contributed by atoms with van der Waals surface area (Å²) in [6, 6.07) is 46.0. The van der Waals surface area contributed by atoms with E-state index in [-0.39, 0.29) is 0 Å². The van der Waals surface area contributed by atoms with Gasteiger partial charge >= 0.3 is 5.66 Å². The van der Waals surface area contributed by atoms with Crippen LogP contribution in [0, 0.1) is 6.92 Å². The van der Waals surface area contributed by atoms with Gasteiger partial charge in [-0.2, -0.15) is 4.57 Å². The van der Waals surface area contributed by atoms with E-state index in [0.29, 0.717) is 0 Å². The van der Waals surface area contributed by atoms with Gasteiger partial charge in [0.2, 0.25) is 5.69 Å². The van der Waals surface area contributed by atoms with Crippen molar-refractivity contribution < 1.29 is 9.13 Å². The average molecular weight is 550 g/mol. The minimum absolute atomic E-state index is 0.413. The lowest BCUT2D eigenvalue weighted by Gasteiger charge is -2.42. The number of nitrogens with zero attached hydrogens (tertiary/aromatic N) is 3. The zero-order valence-corrected chi connectivity index (χ0v) is 24.0. The maximum absolute atomic E-state index is 2.66. The Balaban J connectivity index is 1.46. The third-order valence-corrected chi connectivity index (χ3v) is 10.9. The third-order valence-electron chi connectivity index (χ3n) is 10.9. The molecule has 0 amide bonds. The van der Waals surface area contributed by atoms with Crippen molar-refractivity contribution in [3.63, 3.8) is 0 Å². The van der Waals surface area contributed by atoms with Crippen molar-refractivity contribution in [1.29, 1.82) is 0 Å². The van der Waals surface area contributed by atoms with Gasteiger partial charge in [-0.1, -0.05) is 84.9 Å². The standard InChI is InChI=1S/C40H27N3/c1-24-21-22-42-35(23-24)27-13-9-17-31-36(27)40(42)37-28(38-41(2)33-19-7-8-20-34(33)43(38)40)14-10-18-32(37)39(31)29-15-5-3-11-25(29)26-12-4-6-16-30(26)39/h3-23H,1-2H3/q+2. The number of benzene rings is 5. The van der Waals surface area contributed by atoms with Gasteiger partial charge in [0, 0.05) is 12.1 Å². The summed E-state index contributed by atoms with van der Waals surface area (Å²) in [7, 11) is 2.24. The Hall–Kier alpha value is -5.28. The van der Waals surface area contributed by atoms with Crippen LogP contribution in [0.25, 0.3) is 44.8 Å². The summed E-state index contributed by atoms with van der Waals surface area (Å²) in [4.78, 5) is 0. The van der Waals surface area contributed by atoms with E-state index in [9.17, 15) is 0 Å². The molecule has 200 valence electrons. The number of imidazole rings is 1. The minimum atomic E-state index is -0.533. The van der Waals surface area contributed by atoms with Gasteiger partial charge < -0.3 is 0 Å². The average Bonchev–Trinajstić information content (AvgIpc) is 3.72. The molecule has 0 saturated heterocycles. The van der Waals surface area contributed by atoms with Crippen LogP contribution < -0.4 is 9.13 Å². The molecular weight excluding hydrogens is 522 g/mol. The quantitative estimate of drug-likeness (QED) is 0.181. The summed E-state index contributed by atoms with van der Waals surface area (Å²) in [5.41, 5.74) is 17.8. The van der Waals surface area contributed by atoms with E-state index in [2.05, 4.69) is 155 Å². The molecule has 0 N–H and O–H groups in total. The summed E-state index contributed by atoms with van der Waals surface area (Å²) in [6.45, 7) is 2.21. The second-order valence-electron chi connectivity index (χ2n) is 12.6. The summed E-state index contributed by atoms with van der Waals surface area (Å²) < 4.78 is 7.65. The summed E-state index contributed by atoms with van der Waals surface area (Å²) in [5.74, 6) is 1.26. The van der Waals surface area contributed by atoms with Crippen molar-refractivity contribution in [1.82, 2.24) is 4.57 Å². The number of aryl methyl sites for hydroxylation is 2. The highest BCUT2D eigenvalue weighted by molar-refractivity contribution is 5.94. The lowest BCUT2D eigenvalue weighted by Crippen LogP contribution is -2.61. The highest BCUT2D eigenvalue weighted by atomic mass is 15.4. The molecule has 0 saturated carbocycles. The molecule has 4 heterocycles. The molecule has 3 heteroatoms. The fourth-order valence-electron chi connectivity index (χ4n) is 9.58. The monoisotopic (exact) mass is 549 g/mol. The molecular formula is C40H27N3+2. The van der Waals surface area contributed by atoms with Gasteiger partial charge in [0.05, 0.1) is 34.7 Å². The van der Waals surface area contributed by atoms with Crippen LogP contribution in [0.3, 0.4) is 0 Å². The smallest absolute Gasteiger partial charge is 0.225 e. The number of para-hydroxylation sites is 2. The van der Waals surface area contributed by atoms with Crippen molar-refractivity contribution in [2.75, 3.05) is 0 Å². The first-order chi connectivity index (χ1) is 21.2. The van der Waals surface area contributed by atoms with Crippen molar-refractivity contribution in [2.24, 2.45) is 7.05 Å². The van der Waals surface area contributed by atoms with E-state index in [4.69, 9.17) is 0 Å². The van der Waals surface area contributed by atoms with Gasteiger partial charge in [0.15, 0.2) is 17.2 Å². The van der Waals surface area contributed by atoms with Crippen LogP contribution in [-0.4, -0.2) is 4.57 Å². The molecule has 0 fully saturated rings. The Morgan fingerprint density at radius 1 is 0.581 bits per heavy atom. The lowest BCUT2D eigenvalue weighted by molar-refractivity contribution is -0.734. The topological polar surface area (TPSA) is 12.7 Å². The van der Waals surface area contributed by atoms with Crippen LogP contribution in [0.2, 0.25) is 0 Å². The van der Waals surface area contributed by atoms with Crippen LogP contribution >= 0.6 is 0 Å². The first kappa shape index (κ1) is 22.3. The SMILES string of the molecule is Cc1cc[n+]2c(c1)-c1cccc3c1C21c2c(cccc2C32c3ccccc3-c3ccccc32)-c2n1c1ccccc1[n+]2C. The van der Waals surface area contributed by atoms with E-state index in [1.165, 1.54) is 83.7 Å². The van der Waals surface area contributed by atoms with Crippen molar-refractivity contribution in [2.45, 2.75) is 18.0 Å². The highest BCUT2D eigenvalue weighted by Gasteiger charge is 2.72. The molecule has 0 radical (unpaired) electrons. The van der Waals surface area contributed by atoms with Gasteiger partial charge in [-0.25, -0.2) is 4.57 Å². The Labute approximate surface area is 249 Å². The minimum Gasteiger partial charge on any atom is -0.225 e. The largest absolute Gasteiger partial charge is 0.365 e. The molecule has 11 rings (SSSR count). The van der Waals surface area contributed by atoms with Crippen LogP contribution in [0.15, 0.2) is 128 Å². The molecule has 1 unspecified atom stereocenters. The summed E-state index contributed by atoms with van der Waals surface area (Å²) in [6.07, 6.45) is 2.34. The zero-order valence-electron chi connectivity index (χ0n) is 24.0. The molecule has 4 aliphatic rings. The second-order valence-corrected chi connectivity index (χ2v) is 12.6. The Morgan fingerprint density at radius 2 is 1.16 bits per heavy atom. The van der Waals surface area contributed by atoms with Gasteiger partial charge in [-0.05, 0) is 70.1 Å². The van der Waals surface area contributed by atoms with Crippen molar-refractivity contribution in [3.8, 4) is 33.8 Å². The number of fused-ring (bicyclic) bond motifs is 13. The Morgan fingerprint density at radius 3 is 1.91 bits per heavy atom. The maximum Gasteiger partial charge on any atom is 0.365 e. The predicted molar refractivity (Wildman–Crippen MR) is 168 cm³/mol. The van der Waals surface area contributed by atoms with E-state index in [0.717, 1.165) is 0 Å². The molecule has 2 aliphatic heterocycles. The Bertz CT molecular complexity index is 2400. The van der Waals surface area contributed by atoms with Crippen LogP contribution in [-0.2, 0) is 18.1 Å². The van der Waals surface area contributed by atoms with E-state index in [1.807, 2.05) is 0 Å². The fourth-order valence-corrected chi connectivity index (χ4v) is 9.58. The number of hydrogen-bond donors (Lipinski definition) is 0. The first-order valence-electron chi connectivity index (χ1n) is 15.2. The summed E-state index contributed by atoms with van der Waals surface area (Å²) >= 11 is 0. The molecule has 2 aliphatic carbocycles. The molecule has 5 aromatic carbocycles. The van der Waals surface area contributed by atoms with Crippen molar-refractivity contribution >= 4 is 11.0 Å². The maximum atomic E-state index is 2.66. The predicted octanol–water partition coefficient (Wildman–Crippen LogP) is 7.00. The normalized spacial score (nSPS) is 18.3. The van der Waals surface area contributed by atoms with Gasteiger partial charge in [0.1, 0.15) is 0 Å². The zero-order chi connectivity index (χ0) is 28.2. The van der Waals surface area contributed by atoms with E-state index >= 15 is 0 Å². The van der Waals surface area contributed by atoms with Crippen LogP contribution in [0.5, 0.6) is 0 Å². The van der Waals surface area contributed by atoms with Crippen LogP contribution in [0.4, 0.5) is 0 Å². The first-order valence-corrected chi connectivity index (χ1v) is 15.2. The van der Waals surface area contributed by atoms with Gasteiger partial charge in [-0.3, -0.25) is 0 Å². The highest BCUT2D eigenvalue weighted by Crippen LogP contribution is 2.67. The third kappa shape index (κ3) is 2.11. The van der Waals surface area contributed by atoms with Crippen molar-refractivity contribution in [3.05, 3.63) is 166 Å².